The molecule has 1 aromatic rings. The molecule has 5 heteroatoms. The van der Waals surface area contributed by atoms with Crippen molar-refractivity contribution in [2.45, 2.75) is 13.3 Å². The van der Waals surface area contributed by atoms with Gasteiger partial charge in [0.15, 0.2) is 5.43 Å². The first-order chi connectivity index (χ1) is 5.52. The van der Waals surface area contributed by atoms with E-state index in [2.05, 4.69) is 4.98 Å². The van der Waals surface area contributed by atoms with Gasteiger partial charge in [-0.3, -0.25) is 4.79 Å². The van der Waals surface area contributed by atoms with Gasteiger partial charge in [0.25, 0.3) is 6.43 Å². The standard InChI is InChI=1S/C7H6ClF2NO/c1-3-6(7(9)10)4(12)2-5(8)11-3/h2,7H,1H3,(H,11,12). The maximum atomic E-state index is 12.2. The molecule has 1 heterocycles. The van der Waals surface area contributed by atoms with Crippen molar-refractivity contribution < 1.29 is 8.78 Å². The molecule has 0 spiro atoms. The van der Waals surface area contributed by atoms with E-state index in [0.717, 1.165) is 6.07 Å². The van der Waals surface area contributed by atoms with E-state index < -0.39 is 17.4 Å². The Labute approximate surface area is 72.2 Å². The van der Waals surface area contributed by atoms with Crippen molar-refractivity contribution in [1.82, 2.24) is 4.98 Å². The molecule has 1 N–H and O–H groups in total. The quantitative estimate of drug-likeness (QED) is 0.682. The van der Waals surface area contributed by atoms with Crippen LogP contribution in [0.4, 0.5) is 8.78 Å². The highest BCUT2D eigenvalue weighted by atomic mass is 35.5. The van der Waals surface area contributed by atoms with E-state index in [9.17, 15) is 13.6 Å². The predicted molar refractivity (Wildman–Crippen MR) is 41.8 cm³/mol. The molecule has 12 heavy (non-hydrogen) atoms. The fourth-order valence-corrected chi connectivity index (χ4v) is 1.17. The predicted octanol–water partition coefficient (Wildman–Crippen LogP) is 2.27. The van der Waals surface area contributed by atoms with Gasteiger partial charge in [-0.2, -0.15) is 0 Å². The molecule has 0 saturated carbocycles. The van der Waals surface area contributed by atoms with Crippen LogP contribution in [-0.4, -0.2) is 4.98 Å². The summed E-state index contributed by atoms with van der Waals surface area (Å²) in [6.07, 6.45) is -2.76. The van der Waals surface area contributed by atoms with E-state index in [1.54, 1.807) is 0 Å². The van der Waals surface area contributed by atoms with Crippen LogP contribution in [0.2, 0.25) is 5.15 Å². The number of aromatic amines is 1. The number of nitrogens with one attached hydrogen (secondary N) is 1. The van der Waals surface area contributed by atoms with Crippen molar-refractivity contribution >= 4 is 11.6 Å². The monoisotopic (exact) mass is 193 g/mol. The maximum Gasteiger partial charge on any atom is 0.269 e. The maximum absolute atomic E-state index is 12.2. The molecule has 0 aliphatic rings. The number of alkyl halides is 2. The summed E-state index contributed by atoms with van der Waals surface area (Å²) in [4.78, 5) is 13.4. The molecule has 0 fully saturated rings. The number of hydrogen-bond acceptors (Lipinski definition) is 1. The summed E-state index contributed by atoms with van der Waals surface area (Å²) < 4.78 is 24.3. The van der Waals surface area contributed by atoms with E-state index in [0.29, 0.717) is 0 Å². The zero-order chi connectivity index (χ0) is 9.30. The van der Waals surface area contributed by atoms with E-state index in [1.807, 2.05) is 0 Å². The Kier molecular flexibility index (Phi) is 2.47. The molecule has 0 amide bonds. The molecule has 0 saturated heterocycles. The molecule has 0 bridgehead atoms. The molecular weight excluding hydrogens is 188 g/mol. The first-order valence-electron chi connectivity index (χ1n) is 3.20. The summed E-state index contributed by atoms with van der Waals surface area (Å²) in [5.74, 6) is 0. The summed E-state index contributed by atoms with van der Waals surface area (Å²) >= 11 is 5.43. The van der Waals surface area contributed by atoms with Gasteiger partial charge in [-0.05, 0) is 6.92 Å². The largest absolute Gasteiger partial charge is 0.349 e. The summed E-state index contributed by atoms with van der Waals surface area (Å²) in [6, 6.07) is 0.941. The third kappa shape index (κ3) is 1.64. The first-order valence-corrected chi connectivity index (χ1v) is 3.57. The summed E-state index contributed by atoms with van der Waals surface area (Å²) in [6.45, 7) is 1.38. The number of H-pyrrole nitrogens is 1. The van der Waals surface area contributed by atoms with Gasteiger partial charge in [-0.25, -0.2) is 8.78 Å². The normalized spacial score (nSPS) is 10.8. The average molecular weight is 194 g/mol. The van der Waals surface area contributed by atoms with Crippen LogP contribution in [-0.2, 0) is 0 Å². The second-order valence-corrected chi connectivity index (χ2v) is 2.73. The second-order valence-electron chi connectivity index (χ2n) is 2.32. The van der Waals surface area contributed by atoms with Crippen LogP contribution in [0.3, 0.4) is 0 Å². The number of hydrogen-bond donors (Lipinski definition) is 1. The lowest BCUT2D eigenvalue weighted by Gasteiger charge is -2.03. The Morgan fingerprint density at radius 3 is 2.58 bits per heavy atom. The number of rotatable bonds is 1. The Morgan fingerprint density at radius 2 is 2.17 bits per heavy atom. The smallest absolute Gasteiger partial charge is 0.269 e. The third-order valence-electron chi connectivity index (χ3n) is 1.45. The molecule has 66 valence electrons. The van der Waals surface area contributed by atoms with Crippen molar-refractivity contribution in [3.8, 4) is 0 Å². The zero-order valence-corrected chi connectivity index (χ0v) is 6.95. The van der Waals surface area contributed by atoms with Crippen LogP contribution >= 0.6 is 11.6 Å². The van der Waals surface area contributed by atoms with Crippen LogP contribution in [0.1, 0.15) is 17.7 Å². The lowest BCUT2D eigenvalue weighted by atomic mass is 10.2. The van der Waals surface area contributed by atoms with Gasteiger partial charge in [-0.15, -0.1) is 0 Å². The summed E-state index contributed by atoms with van der Waals surface area (Å²) in [5, 5.41) is 0.0712. The van der Waals surface area contributed by atoms with Crippen LogP contribution < -0.4 is 5.43 Å². The number of aryl methyl sites for hydroxylation is 1. The minimum Gasteiger partial charge on any atom is -0.349 e. The molecule has 0 aliphatic carbocycles. The molecule has 0 aromatic carbocycles. The molecule has 1 rings (SSSR count). The van der Waals surface area contributed by atoms with E-state index in [4.69, 9.17) is 11.6 Å². The van der Waals surface area contributed by atoms with Gasteiger partial charge in [0.05, 0.1) is 5.56 Å². The van der Waals surface area contributed by atoms with Gasteiger partial charge in [0, 0.05) is 11.8 Å². The molecule has 2 nitrogen and oxygen atoms in total. The van der Waals surface area contributed by atoms with Crippen LogP contribution in [0.15, 0.2) is 10.9 Å². The van der Waals surface area contributed by atoms with Gasteiger partial charge in [0.2, 0.25) is 0 Å². The summed E-state index contributed by atoms with van der Waals surface area (Å²) in [5.41, 5.74) is -1.13. The molecule has 0 atom stereocenters. The lowest BCUT2D eigenvalue weighted by molar-refractivity contribution is 0.149. The van der Waals surface area contributed by atoms with E-state index >= 15 is 0 Å². The van der Waals surface area contributed by atoms with E-state index in [1.165, 1.54) is 6.92 Å². The molecule has 0 aliphatic heterocycles. The van der Waals surface area contributed by atoms with Crippen LogP contribution in [0.5, 0.6) is 0 Å². The molecule has 0 radical (unpaired) electrons. The first kappa shape index (κ1) is 9.19. The van der Waals surface area contributed by atoms with Crippen molar-refractivity contribution in [3.63, 3.8) is 0 Å². The van der Waals surface area contributed by atoms with Crippen molar-refractivity contribution in [2.24, 2.45) is 0 Å². The minimum atomic E-state index is -2.76. The van der Waals surface area contributed by atoms with Gasteiger partial charge >= 0.3 is 0 Å². The Morgan fingerprint density at radius 1 is 1.58 bits per heavy atom. The number of aromatic nitrogens is 1. The van der Waals surface area contributed by atoms with Crippen molar-refractivity contribution in [3.05, 3.63) is 32.7 Å². The Hall–Kier alpha value is -0.900. The second kappa shape index (κ2) is 3.23. The number of pyridine rings is 1. The topological polar surface area (TPSA) is 32.9 Å². The third-order valence-corrected chi connectivity index (χ3v) is 1.66. The van der Waals surface area contributed by atoms with Gasteiger partial charge in [-0.1, -0.05) is 11.6 Å². The van der Waals surface area contributed by atoms with Crippen molar-refractivity contribution in [2.75, 3.05) is 0 Å². The average Bonchev–Trinajstić information content (AvgIpc) is 1.82. The Balaban J connectivity index is 3.39. The highest BCUT2D eigenvalue weighted by molar-refractivity contribution is 6.29. The van der Waals surface area contributed by atoms with E-state index in [-0.39, 0.29) is 10.8 Å². The highest BCUT2D eigenvalue weighted by Gasteiger charge is 2.15. The highest BCUT2D eigenvalue weighted by Crippen LogP contribution is 2.18. The zero-order valence-electron chi connectivity index (χ0n) is 6.20. The minimum absolute atomic E-state index is 0.0712. The van der Waals surface area contributed by atoms with Crippen LogP contribution in [0, 0.1) is 6.92 Å². The Bertz CT molecular complexity index is 348. The molecule has 0 unspecified atom stereocenters. The van der Waals surface area contributed by atoms with Gasteiger partial charge < -0.3 is 4.98 Å². The lowest BCUT2D eigenvalue weighted by Crippen LogP contribution is -2.11. The fraction of sp³-hybridized carbons (Fsp3) is 0.286. The number of halogens is 3. The fourth-order valence-electron chi connectivity index (χ4n) is 0.931. The molecular formula is C7H6ClF2NO. The van der Waals surface area contributed by atoms with Crippen molar-refractivity contribution in [1.29, 1.82) is 0 Å². The summed E-state index contributed by atoms with van der Waals surface area (Å²) in [7, 11) is 0. The van der Waals surface area contributed by atoms with Gasteiger partial charge in [0.1, 0.15) is 5.15 Å². The van der Waals surface area contributed by atoms with Crippen LogP contribution in [0.25, 0.3) is 0 Å². The molecule has 1 aromatic heterocycles. The SMILES string of the molecule is Cc1[nH]c(Cl)cc(=O)c1C(F)F.